The van der Waals surface area contributed by atoms with Gasteiger partial charge >= 0.3 is 0 Å². The highest BCUT2D eigenvalue weighted by atomic mass is 15.9. The summed E-state index contributed by atoms with van der Waals surface area (Å²) in [6, 6.07) is 0. The van der Waals surface area contributed by atoms with Gasteiger partial charge in [-0.05, 0) is 43.4 Å². The van der Waals surface area contributed by atoms with Crippen LogP contribution in [0, 0.1) is 17.8 Å². The number of hydrogen-bond acceptors (Lipinski definition) is 6. The average Bonchev–Trinajstić information content (AvgIpc) is 2.99. The van der Waals surface area contributed by atoms with E-state index in [2.05, 4.69) is 32.6 Å². The summed E-state index contributed by atoms with van der Waals surface area (Å²) < 4.78 is 0. The lowest BCUT2D eigenvalue weighted by Crippen LogP contribution is -2.59. The number of nitrogens with zero attached hydrogens (tertiary/aromatic N) is 1. The van der Waals surface area contributed by atoms with Gasteiger partial charge in [-0.15, -0.1) is 0 Å². The highest BCUT2D eigenvalue weighted by Crippen LogP contribution is 2.35. The molecule has 0 aromatic carbocycles. The Kier molecular flexibility index (Phi) is 4.45. The fourth-order valence-corrected chi connectivity index (χ4v) is 3.65. The molecule has 0 aromatic rings. The smallest absolute Gasteiger partial charge is 0.0173 e. The van der Waals surface area contributed by atoms with Crippen molar-refractivity contribution in [1.82, 2.24) is 32.6 Å². The third kappa shape index (κ3) is 3.40. The van der Waals surface area contributed by atoms with Gasteiger partial charge in [0.1, 0.15) is 0 Å². The molecule has 4 atom stereocenters. The molecule has 1 saturated carbocycles. The Morgan fingerprint density at radius 2 is 1.61 bits per heavy atom. The SMILES string of the molecule is C1CC2CNNNNNN3CCC(CCC1C2)C3. The van der Waals surface area contributed by atoms with E-state index in [4.69, 9.17) is 0 Å². The van der Waals surface area contributed by atoms with Crippen molar-refractivity contribution in [1.29, 1.82) is 0 Å². The second kappa shape index (κ2) is 6.27. The summed E-state index contributed by atoms with van der Waals surface area (Å²) >= 11 is 0. The van der Waals surface area contributed by atoms with Gasteiger partial charge in [0.2, 0.25) is 0 Å². The topological polar surface area (TPSA) is 63.4 Å². The minimum absolute atomic E-state index is 0.847. The van der Waals surface area contributed by atoms with E-state index in [1.165, 1.54) is 38.5 Å². The highest BCUT2D eigenvalue weighted by molar-refractivity contribution is 4.79. The molecule has 104 valence electrons. The van der Waals surface area contributed by atoms with Crippen molar-refractivity contribution in [2.75, 3.05) is 19.6 Å². The van der Waals surface area contributed by atoms with Crippen molar-refractivity contribution in [3.05, 3.63) is 0 Å². The summed E-state index contributed by atoms with van der Waals surface area (Å²) in [4.78, 5) is 0. The summed E-state index contributed by atoms with van der Waals surface area (Å²) in [7, 11) is 0. The van der Waals surface area contributed by atoms with Crippen LogP contribution < -0.4 is 27.6 Å². The third-order valence-corrected chi connectivity index (χ3v) is 4.74. The summed E-state index contributed by atoms with van der Waals surface area (Å²) in [5.74, 6) is 2.71. The van der Waals surface area contributed by atoms with E-state index in [0.29, 0.717) is 0 Å². The Labute approximate surface area is 109 Å². The lowest BCUT2D eigenvalue weighted by Gasteiger charge is -2.21. The highest BCUT2D eigenvalue weighted by Gasteiger charge is 2.27. The molecule has 5 N–H and O–H groups in total. The van der Waals surface area contributed by atoms with Crippen LogP contribution in [0.1, 0.15) is 38.5 Å². The fourth-order valence-electron chi connectivity index (χ4n) is 3.65. The number of hydrazine groups is 5. The van der Waals surface area contributed by atoms with Crippen LogP contribution in [-0.4, -0.2) is 24.6 Å². The number of fused-ring (bicyclic) bond motifs is 4. The van der Waals surface area contributed by atoms with Gasteiger partial charge in [-0.1, -0.05) is 12.8 Å². The summed E-state index contributed by atoms with van der Waals surface area (Å²) in [6.45, 7) is 3.36. The molecule has 1 aliphatic carbocycles. The second-order valence-electron chi connectivity index (χ2n) is 6.09. The Morgan fingerprint density at radius 1 is 0.778 bits per heavy atom. The van der Waals surface area contributed by atoms with Crippen LogP contribution in [0.5, 0.6) is 0 Å². The molecule has 0 aromatic heterocycles. The summed E-state index contributed by atoms with van der Waals surface area (Å²) in [5.41, 5.74) is 15.3. The van der Waals surface area contributed by atoms with Gasteiger partial charge in [0.25, 0.3) is 0 Å². The lowest BCUT2D eigenvalue weighted by atomic mass is 9.93. The zero-order valence-corrected chi connectivity index (χ0v) is 11.0. The number of hydrogen-bond donors (Lipinski definition) is 5. The first-order chi connectivity index (χ1) is 8.90. The molecule has 6 nitrogen and oxygen atoms in total. The van der Waals surface area contributed by atoms with E-state index < -0.39 is 0 Å². The Morgan fingerprint density at radius 3 is 2.56 bits per heavy atom. The van der Waals surface area contributed by atoms with E-state index in [-0.39, 0.29) is 0 Å². The first kappa shape index (κ1) is 12.8. The van der Waals surface area contributed by atoms with E-state index >= 15 is 0 Å². The second-order valence-corrected chi connectivity index (χ2v) is 6.09. The van der Waals surface area contributed by atoms with Crippen molar-refractivity contribution >= 4 is 0 Å². The minimum atomic E-state index is 0.847. The number of nitrogens with one attached hydrogen (secondary N) is 5. The molecule has 4 unspecified atom stereocenters. The van der Waals surface area contributed by atoms with E-state index in [1.54, 1.807) is 0 Å². The molecule has 18 heavy (non-hydrogen) atoms. The molecule has 0 radical (unpaired) electrons. The van der Waals surface area contributed by atoms with Crippen LogP contribution in [0.3, 0.4) is 0 Å². The van der Waals surface area contributed by atoms with Crippen molar-refractivity contribution in [2.24, 2.45) is 17.8 Å². The maximum absolute atomic E-state index is 3.23. The maximum Gasteiger partial charge on any atom is 0.0173 e. The number of rotatable bonds is 0. The van der Waals surface area contributed by atoms with Crippen LogP contribution >= 0.6 is 0 Å². The van der Waals surface area contributed by atoms with E-state index in [0.717, 1.165) is 37.4 Å². The zero-order valence-electron chi connectivity index (χ0n) is 11.0. The normalized spacial score (nSPS) is 42.7. The molecule has 3 rings (SSSR count). The van der Waals surface area contributed by atoms with Crippen LogP contribution in [0.4, 0.5) is 0 Å². The molecule has 2 aliphatic heterocycles. The van der Waals surface area contributed by atoms with Crippen molar-refractivity contribution in [3.63, 3.8) is 0 Å². The molecule has 0 amide bonds. The third-order valence-electron chi connectivity index (χ3n) is 4.74. The molecule has 3 aliphatic rings. The van der Waals surface area contributed by atoms with Gasteiger partial charge < -0.3 is 0 Å². The van der Waals surface area contributed by atoms with Crippen LogP contribution in [0.2, 0.25) is 0 Å². The fraction of sp³-hybridized carbons (Fsp3) is 1.00. The van der Waals surface area contributed by atoms with Crippen molar-refractivity contribution < 1.29 is 0 Å². The molecule has 0 spiro atoms. The van der Waals surface area contributed by atoms with Gasteiger partial charge in [-0.25, -0.2) is 10.4 Å². The maximum atomic E-state index is 3.23. The quantitative estimate of drug-likeness (QED) is 0.421. The average molecular weight is 254 g/mol. The van der Waals surface area contributed by atoms with Crippen LogP contribution in [0.15, 0.2) is 0 Å². The van der Waals surface area contributed by atoms with Crippen molar-refractivity contribution in [2.45, 2.75) is 38.5 Å². The molecular weight excluding hydrogens is 228 g/mol. The van der Waals surface area contributed by atoms with Gasteiger partial charge in [-0.2, -0.15) is 22.1 Å². The summed E-state index contributed by atoms with van der Waals surface area (Å²) in [5, 5.41) is 2.25. The standard InChI is InChI=1S/C12H26N6/c1-3-11-5-6-18(9-11)17-16-15-14-13-8-12-4-2-10(1)7-12/h10-17H,1-9H2. The summed E-state index contributed by atoms with van der Waals surface area (Å²) in [6.07, 6.45) is 8.42. The Bertz CT molecular complexity index is 235. The first-order valence-electron chi connectivity index (χ1n) is 7.38. The molecule has 2 heterocycles. The van der Waals surface area contributed by atoms with E-state index in [1.807, 2.05) is 0 Å². The molecule has 3 fully saturated rings. The van der Waals surface area contributed by atoms with Gasteiger partial charge in [-0.3, -0.25) is 0 Å². The van der Waals surface area contributed by atoms with Crippen LogP contribution in [0.25, 0.3) is 0 Å². The molecule has 4 bridgehead atoms. The predicted molar refractivity (Wildman–Crippen MR) is 70.3 cm³/mol. The monoisotopic (exact) mass is 254 g/mol. The lowest BCUT2D eigenvalue weighted by molar-refractivity contribution is 0.144. The van der Waals surface area contributed by atoms with Crippen molar-refractivity contribution in [3.8, 4) is 0 Å². The zero-order chi connectivity index (χ0) is 12.2. The molecular formula is C12H26N6. The predicted octanol–water partition coefficient (Wildman–Crippen LogP) is 0.0414. The first-order valence-corrected chi connectivity index (χ1v) is 7.38. The van der Waals surface area contributed by atoms with Gasteiger partial charge in [0, 0.05) is 19.6 Å². The molecule has 6 heteroatoms. The van der Waals surface area contributed by atoms with Gasteiger partial charge in [0.05, 0.1) is 0 Å². The van der Waals surface area contributed by atoms with Gasteiger partial charge in [0.15, 0.2) is 0 Å². The largest absolute Gasteiger partial charge is 0.243 e. The Hall–Kier alpha value is -0.240. The Balaban J connectivity index is 1.52. The van der Waals surface area contributed by atoms with E-state index in [9.17, 15) is 0 Å². The van der Waals surface area contributed by atoms with Crippen LogP contribution in [-0.2, 0) is 0 Å². The minimum Gasteiger partial charge on any atom is -0.243 e. The molecule has 2 saturated heterocycles.